The molecule has 0 spiro atoms. The molecule has 0 aliphatic carbocycles. The minimum Gasteiger partial charge on any atom is -0.351 e. The molecular weight excluding hydrogens is 318 g/mol. The first-order chi connectivity index (χ1) is 12.0. The topological polar surface area (TPSA) is 80.1 Å². The number of aryl methyl sites for hydroxylation is 1. The van der Waals surface area contributed by atoms with Crippen molar-refractivity contribution < 1.29 is 9.59 Å². The van der Waals surface area contributed by atoms with Gasteiger partial charge in [-0.05, 0) is 31.9 Å². The Labute approximate surface area is 147 Å². The Bertz CT molecular complexity index is 770. The Hall–Kier alpha value is -2.70. The van der Waals surface area contributed by atoms with E-state index in [1.165, 1.54) is 6.92 Å². The van der Waals surface area contributed by atoms with Crippen molar-refractivity contribution in [3.8, 4) is 0 Å². The number of nitrogens with one attached hydrogen (secondary N) is 1. The Balaban J connectivity index is 1.72. The lowest BCUT2D eigenvalue weighted by Crippen LogP contribution is -2.34. The number of aromatic nitrogens is 3. The normalized spacial score (nSPS) is 16.9. The number of pyridine rings is 1. The molecular formula is C18H23N5O2. The maximum absolute atomic E-state index is 12.7. The van der Waals surface area contributed by atoms with Gasteiger partial charge in [0.2, 0.25) is 11.8 Å². The van der Waals surface area contributed by atoms with Gasteiger partial charge in [-0.1, -0.05) is 6.07 Å². The van der Waals surface area contributed by atoms with Gasteiger partial charge in [0.15, 0.2) is 0 Å². The summed E-state index contributed by atoms with van der Waals surface area (Å²) < 4.78 is 1.86. The first-order valence-electron chi connectivity index (χ1n) is 8.52. The summed E-state index contributed by atoms with van der Waals surface area (Å²) in [5.74, 6) is 0.831. The molecule has 7 heteroatoms. The molecule has 25 heavy (non-hydrogen) atoms. The van der Waals surface area contributed by atoms with Gasteiger partial charge < -0.3 is 14.8 Å². The lowest BCUT2D eigenvalue weighted by atomic mass is 10.1. The average Bonchev–Trinajstić information content (AvgIpc) is 3.23. The third kappa shape index (κ3) is 4.04. The van der Waals surface area contributed by atoms with Gasteiger partial charge in [0.25, 0.3) is 0 Å². The molecule has 2 aromatic heterocycles. The molecule has 0 aromatic carbocycles. The van der Waals surface area contributed by atoms with E-state index in [0.717, 1.165) is 36.6 Å². The summed E-state index contributed by atoms with van der Waals surface area (Å²) in [7, 11) is 0. The molecule has 1 aliphatic rings. The predicted octanol–water partition coefficient (Wildman–Crippen LogP) is 1.59. The molecule has 132 valence electrons. The fourth-order valence-electron chi connectivity index (χ4n) is 3.18. The van der Waals surface area contributed by atoms with Gasteiger partial charge in [-0.2, -0.15) is 0 Å². The second-order valence-electron chi connectivity index (χ2n) is 6.31. The molecule has 1 atom stereocenters. The Morgan fingerprint density at radius 2 is 2.20 bits per heavy atom. The van der Waals surface area contributed by atoms with E-state index in [1.54, 1.807) is 6.20 Å². The predicted molar refractivity (Wildman–Crippen MR) is 92.4 cm³/mol. The highest BCUT2D eigenvalue weighted by Crippen LogP contribution is 2.31. The van der Waals surface area contributed by atoms with Crippen LogP contribution in [0.4, 0.5) is 0 Å². The quantitative estimate of drug-likeness (QED) is 0.895. The van der Waals surface area contributed by atoms with Crippen LogP contribution in [0.15, 0.2) is 30.6 Å². The first kappa shape index (κ1) is 17.1. The Morgan fingerprint density at radius 3 is 2.92 bits per heavy atom. The molecule has 1 N–H and O–H groups in total. The van der Waals surface area contributed by atoms with E-state index in [9.17, 15) is 9.59 Å². The first-order valence-corrected chi connectivity index (χ1v) is 8.52. The van der Waals surface area contributed by atoms with Crippen molar-refractivity contribution in [2.24, 2.45) is 0 Å². The monoisotopic (exact) mass is 341 g/mol. The molecule has 2 aromatic rings. The summed E-state index contributed by atoms with van der Waals surface area (Å²) in [6.07, 6.45) is 5.41. The number of rotatable bonds is 5. The summed E-state index contributed by atoms with van der Waals surface area (Å²) in [6, 6.07) is 5.76. The molecule has 0 saturated carbocycles. The van der Waals surface area contributed by atoms with Crippen molar-refractivity contribution in [3.05, 3.63) is 47.8 Å². The number of hydrogen-bond acceptors (Lipinski definition) is 4. The molecule has 1 saturated heterocycles. The molecule has 7 nitrogen and oxygen atoms in total. The molecule has 3 rings (SSSR count). The summed E-state index contributed by atoms with van der Waals surface area (Å²) in [5, 5.41) is 2.76. The van der Waals surface area contributed by atoms with Gasteiger partial charge in [0.1, 0.15) is 12.4 Å². The smallest absolute Gasteiger partial charge is 0.243 e. The van der Waals surface area contributed by atoms with Crippen LogP contribution in [-0.2, 0) is 22.7 Å². The molecule has 2 amide bonds. The van der Waals surface area contributed by atoms with Crippen LogP contribution in [0.3, 0.4) is 0 Å². The fraction of sp³-hybridized carbons (Fsp3) is 0.444. The van der Waals surface area contributed by atoms with E-state index in [-0.39, 0.29) is 17.9 Å². The average molecular weight is 341 g/mol. The van der Waals surface area contributed by atoms with Gasteiger partial charge in [-0.25, -0.2) is 4.98 Å². The highest BCUT2D eigenvalue weighted by atomic mass is 16.2. The molecule has 1 fully saturated rings. The number of likely N-dealkylation sites (tertiary alicyclic amines) is 1. The van der Waals surface area contributed by atoms with Gasteiger partial charge in [-0.15, -0.1) is 0 Å². The summed E-state index contributed by atoms with van der Waals surface area (Å²) in [6.45, 7) is 4.82. The Morgan fingerprint density at radius 1 is 1.36 bits per heavy atom. The minimum atomic E-state index is -0.0828. The number of hydrogen-bond donors (Lipinski definition) is 1. The van der Waals surface area contributed by atoms with Crippen LogP contribution in [0.5, 0.6) is 0 Å². The van der Waals surface area contributed by atoms with E-state index in [0.29, 0.717) is 13.1 Å². The van der Waals surface area contributed by atoms with Crippen molar-refractivity contribution >= 4 is 11.8 Å². The van der Waals surface area contributed by atoms with Crippen LogP contribution in [-0.4, -0.2) is 37.8 Å². The molecule has 0 radical (unpaired) electrons. The highest BCUT2D eigenvalue weighted by molar-refractivity contribution is 5.77. The summed E-state index contributed by atoms with van der Waals surface area (Å²) >= 11 is 0. The van der Waals surface area contributed by atoms with E-state index in [1.807, 2.05) is 40.8 Å². The molecule has 0 unspecified atom stereocenters. The van der Waals surface area contributed by atoms with Crippen molar-refractivity contribution in [1.29, 1.82) is 0 Å². The third-order valence-electron chi connectivity index (χ3n) is 4.49. The van der Waals surface area contributed by atoms with Crippen LogP contribution >= 0.6 is 0 Å². The van der Waals surface area contributed by atoms with Crippen LogP contribution in [0.1, 0.15) is 43.0 Å². The zero-order chi connectivity index (χ0) is 17.8. The van der Waals surface area contributed by atoms with Gasteiger partial charge in [-0.3, -0.25) is 14.6 Å². The van der Waals surface area contributed by atoms with Gasteiger partial charge >= 0.3 is 0 Å². The zero-order valence-corrected chi connectivity index (χ0v) is 14.6. The largest absolute Gasteiger partial charge is 0.351 e. The van der Waals surface area contributed by atoms with E-state index >= 15 is 0 Å². The summed E-state index contributed by atoms with van der Waals surface area (Å²) in [4.78, 5) is 34.5. The highest BCUT2D eigenvalue weighted by Gasteiger charge is 2.31. The summed E-state index contributed by atoms with van der Waals surface area (Å²) in [5.41, 5.74) is 1.69. The van der Waals surface area contributed by atoms with Gasteiger partial charge in [0, 0.05) is 25.9 Å². The van der Waals surface area contributed by atoms with Crippen molar-refractivity contribution in [1.82, 2.24) is 24.8 Å². The fourth-order valence-corrected chi connectivity index (χ4v) is 3.18. The zero-order valence-electron chi connectivity index (χ0n) is 14.6. The minimum absolute atomic E-state index is 0.00592. The second kappa shape index (κ2) is 7.46. The van der Waals surface area contributed by atoms with Crippen molar-refractivity contribution in [3.63, 3.8) is 0 Å². The van der Waals surface area contributed by atoms with Crippen LogP contribution in [0, 0.1) is 6.92 Å². The van der Waals surface area contributed by atoms with E-state index in [4.69, 9.17) is 0 Å². The molecule has 1 aliphatic heterocycles. The van der Waals surface area contributed by atoms with E-state index < -0.39 is 0 Å². The van der Waals surface area contributed by atoms with Crippen molar-refractivity contribution in [2.75, 3.05) is 6.54 Å². The van der Waals surface area contributed by atoms with Crippen LogP contribution in [0.25, 0.3) is 0 Å². The second-order valence-corrected chi connectivity index (χ2v) is 6.31. The Kier molecular flexibility index (Phi) is 5.11. The van der Waals surface area contributed by atoms with Crippen LogP contribution < -0.4 is 5.32 Å². The SMILES string of the molecule is CC(=O)NCc1cccc([C@H]2CCCN2C(=O)Cn2ccnc2C)n1. The van der Waals surface area contributed by atoms with E-state index in [2.05, 4.69) is 15.3 Å². The number of amides is 2. The molecule has 0 bridgehead atoms. The van der Waals surface area contributed by atoms with Gasteiger partial charge in [0.05, 0.1) is 24.0 Å². The maximum Gasteiger partial charge on any atom is 0.243 e. The number of carbonyl (C=O) groups is 2. The lowest BCUT2D eigenvalue weighted by Gasteiger charge is -2.25. The van der Waals surface area contributed by atoms with Crippen molar-refractivity contribution in [2.45, 2.75) is 45.8 Å². The number of carbonyl (C=O) groups excluding carboxylic acids is 2. The lowest BCUT2D eigenvalue weighted by molar-refractivity contribution is -0.132. The number of imidazole rings is 1. The third-order valence-corrected chi connectivity index (χ3v) is 4.49. The van der Waals surface area contributed by atoms with Crippen LogP contribution in [0.2, 0.25) is 0 Å². The number of nitrogens with zero attached hydrogens (tertiary/aromatic N) is 4. The molecule has 3 heterocycles. The maximum atomic E-state index is 12.7. The standard InChI is InChI=1S/C18H23N5O2/c1-13-19-8-10-22(13)12-18(25)23-9-4-7-17(23)16-6-3-5-15(21-16)11-20-14(2)24/h3,5-6,8,10,17H,4,7,9,11-12H2,1-2H3,(H,20,24)/t17-/m1/s1.